The van der Waals surface area contributed by atoms with Gasteiger partial charge in [0.15, 0.2) is 0 Å². The van der Waals surface area contributed by atoms with Crippen LogP contribution in [0.1, 0.15) is 16.0 Å². The molecule has 1 nitrogen and oxygen atoms in total. The predicted octanol–water partition coefficient (Wildman–Crippen LogP) is 4.48. The van der Waals surface area contributed by atoms with E-state index in [2.05, 4.69) is 37.7 Å². The molecule has 0 spiro atoms. The van der Waals surface area contributed by atoms with E-state index < -0.39 is 0 Å². The molecule has 0 amide bonds. The topological polar surface area (TPSA) is 12.9 Å². The molecule has 0 saturated carbocycles. The van der Waals surface area contributed by atoms with Gasteiger partial charge in [-0.05, 0) is 40.4 Å². The van der Waals surface area contributed by atoms with E-state index in [0.29, 0.717) is 4.83 Å². The van der Waals surface area contributed by atoms with Crippen LogP contribution in [0.3, 0.4) is 0 Å². The Labute approximate surface area is 106 Å². The molecule has 0 aliphatic carbocycles. The fraction of sp³-hybridized carbons (Fsp3) is 0.182. The van der Waals surface area contributed by atoms with E-state index in [1.165, 1.54) is 5.56 Å². The number of hydrogen-bond donors (Lipinski definition) is 0. The molecule has 0 fully saturated rings. The molecule has 1 unspecified atom stereocenters. The molecule has 0 bridgehead atoms. The maximum Gasteiger partial charge on any atom is 0.0621 e. The van der Waals surface area contributed by atoms with Crippen LogP contribution in [0.15, 0.2) is 35.3 Å². The van der Waals surface area contributed by atoms with Gasteiger partial charge in [0.2, 0.25) is 0 Å². The van der Waals surface area contributed by atoms with Gasteiger partial charge in [-0.3, -0.25) is 4.98 Å². The molecule has 2 aromatic heterocycles. The molecular formula is C11H9BrClNS. The molecule has 15 heavy (non-hydrogen) atoms. The maximum absolute atomic E-state index is 6.05. The second-order valence-electron chi connectivity index (χ2n) is 3.20. The highest BCUT2D eigenvalue weighted by Gasteiger charge is 2.10. The lowest BCUT2D eigenvalue weighted by molar-refractivity contribution is 0.950. The van der Waals surface area contributed by atoms with E-state index in [-0.39, 0.29) is 0 Å². The molecule has 2 heterocycles. The molecule has 2 aromatic rings. The van der Waals surface area contributed by atoms with Gasteiger partial charge >= 0.3 is 0 Å². The van der Waals surface area contributed by atoms with Crippen molar-refractivity contribution in [2.24, 2.45) is 0 Å². The largest absolute Gasteiger partial charge is 0.263 e. The number of rotatable bonds is 3. The van der Waals surface area contributed by atoms with Crippen molar-refractivity contribution in [1.29, 1.82) is 0 Å². The first-order valence-corrected chi connectivity index (χ1v) is 6.75. The third-order valence-electron chi connectivity index (χ3n) is 2.16. The Morgan fingerprint density at radius 3 is 3.00 bits per heavy atom. The van der Waals surface area contributed by atoms with E-state index in [1.807, 2.05) is 6.07 Å². The average molecular weight is 303 g/mol. The zero-order valence-electron chi connectivity index (χ0n) is 7.86. The van der Waals surface area contributed by atoms with Gasteiger partial charge in [-0.15, -0.1) is 0 Å². The maximum atomic E-state index is 6.05. The summed E-state index contributed by atoms with van der Waals surface area (Å²) in [6.45, 7) is 0. The lowest BCUT2D eigenvalue weighted by atomic mass is 10.1. The molecular weight excluding hydrogens is 294 g/mol. The van der Waals surface area contributed by atoms with Crippen LogP contribution in [0, 0.1) is 0 Å². The summed E-state index contributed by atoms with van der Waals surface area (Å²) in [4.78, 5) is 4.29. The van der Waals surface area contributed by atoms with E-state index >= 15 is 0 Å². The van der Waals surface area contributed by atoms with Crippen LogP contribution >= 0.6 is 38.9 Å². The summed E-state index contributed by atoms with van der Waals surface area (Å²) in [7, 11) is 0. The summed E-state index contributed by atoms with van der Waals surface area (Å²) >= 11 is 11.4. The lowest BCUT2D eigenvalue weighted by Gasteiger charge is -2.08. The van der Waals surface area contributed by atoms with Crippen molar-refractivity contribution in [3.05, 3.63) is 51.4 Å². The van der Waals surface area contributed by atoms with Crippen molar-refractivity contribution >= 4 is 38.9 Å². The van der Waals surface area contributed by atoms with Gasteiger partial charge in [0, 0.05) is 17.2 Å². The van der Waals surface area contributed by atoms with Crippen molar-refractivity contribution in [2.75, 3.05) is 0 Å². The fourth-order valence-corrected chi connectivity index (χ4v) is 3.05. The summed E-state index contributed by atoms with van der Waals surface area (Å²) in [5, 5.41) is 4.96. The SMILES string of the molecule is Clc1cnccc1CC(Br)c1ccsc1. The smallest absolute Gasteiger partial charge is 0.0621 e. The Bertz CT molecular complexity index is 430. The van der Waals surface area contributed by atoms with Crippen molar-refractivity contribution < 1.29 is 0 Å². The van der Waals surface area contributed by atoms with Gasteiger partial charge in [-0.2, -0.15) is 11.3 Å². The standard InChI is InChI=1S/C11H9BrClNS/c12-10(9-2-4-15-7-9)5-8-1-3-14-6-11(8)13/h1-4,6-7,10H,5H2. The molecule has 0 aliphatic rings. The quantitative estimate of drug-likeness (QED) is 0.762. The first kappa shape index (κ1) is 11.1. The van der Waals surface area contributed by atoms with Crippen LogP contribution < -0.4 is 0 Å². The van der Waals surface area contributed by atoms with Gasteiger partial charge in [-0.1, -0.05) is 27.5 Å². The van der Waals surface area contributed by atoms with Gasteiger partial charge < -0.3 is 0 Å². The molecule has 0 N–H and O–H groups in total. The molecule has 4 heteroatoms. The van der Waals surface area contributed by atoms with E-state index in [1.54, 1.807) is 23.7 Å². The molecule has 0 radical (unpaired) electrons. The number of nitrogens with zero attached hydrogens (tertiary/aromatic N) is 1. The highest BCUT2D eigenvalue weighted by molar-refractivity contribution is 9.09. The van der Waals surface area contributed by atoms with Gasteiger partial charge in [0.25, 0.3) is 0 Å². The fourth-order valence-electron chi connectivity index (χ4n) is 1.33. The monoisotopic (exact) mass is 301 g/mol. The Hall–Kier alpha value is -0.380. The predicted molar refractivity (Wildman–Crippen MR) is 68.9 cm³/mol. The molecule has 0 aromatic carbocycles. The highest BCUT2D eigenvalue weighted by atomic mass is 79.9. The normalized spacial score (nSPS) is 12.7. The third kappa shape index (κ3) is 2.80. The van der Waals surface area contributed by atoms with E-state index in [4.69, 9.17) is 11.6 Å². The minimum absolute atomic E-state index is 0.323. The van der Waals surface area contributed by atoms with Gasteiger partial charge in [0.1, 0.15) is 0 Å². The average Bonchev–Trinajstić information content (AvgIpc) is 2.74. The van der Waals surface area contributed by atoms with Crippen molar-refractivity contribution in [3.8, 4) is 0 Å². The Morgan fingerprint density at radius 2 is 2.33 bits per heavy atom. The molecule has 2 rings (SSSR count). The van der Waals surface area contributed by atoms with Crippen LogP contribution in [0.4, 0.5) is 0 Å². The molecule has 0 aliphatic heterocycles. The lowest BCUT2D eigenvalue weighted by Crippen LogP contribution is -1.94. The number of halogens is 2. The summed E-state index contributed by atoms with van der Waals surface area (Å²) in [6.07, 6.45) is 4.34. The van der Waals surface area contributed by atoms with Crippen molar-refractivity contribution in [3.63, 3.8) is 0 Å². The van der Waals surface area contributed by atoms with Crippen LogP contribution in [-0.4, -0.2) is 4.98 Å². The number of pyridine rings is 1. The minimum Gasteiger partial charge on any atom is -0.263 e. The Balaban J connectivity index is 2.13. The zero-order chi connectivity index (χ0) is 10.7. The number of hydrogen-bond acceptors (Lipinski definition) is 2. The van der Waals surface area contributed by atoms with Gasteiger partial charge in [0.05, 0.1) is 5.02 Å². The minimum atomic E-state index is 0.323. The van der Waals surface area contributed by atoms with E-state index in [0.717, 1.165) is 17.0 Å². The zero-order valence-corrected chi connectivity index (χ0v) is 11.0. The third-order valence-corrected chi connectivity index (χ3v) is 4.05. The Kier molecular flexibility index (Phi) is 3.78. The van der Waals surface area contributed by atoms with Crippen LogP contribution in [-0.2, 0) is 6.42 Å². The van der Waals surface area contributed by atoms with Crippen molar-refractivity contribution in [2.45, 2.75) is 11.2 Å². The molecule has 1 atom stereocenters. The molecule has 78 valence electrons. The van der Waals surface area contributed by atoms with Crippen LogP contribution in [0.25, 0.3) is 0 Å². The van der Waals surface area contributed by atoms with Gasteiger partial charge in [-0.25, -0.2) is 0 Å². The number of alkyl halides is 1. The summed E-state index contributed by atoms with van der Waals surface area (Å²) in [5.41, 5.74) is 2.42. The van der Waals surface area contributed by atoms with Crippen molar-refractivity contribution in [1.82, 2.24) is 4.98 Å². The second kappa shape index (κ2) is 5.10. The second-order valence-corrected chi connectivity index (χ2v) is 5.49. The van der Waals surface area contributed by atoms with E-state index in [9.17, 15) is 0 Å². The summed E-state index contributed by atoms with van der Waals surface area (Å²) in [5.74, 6) is 0. The first-order chi connectivity index (χ1) is 7.27. The van der Waals surface area contributed by atoms with Crippen LogP contribution in [0.5, 0.6) is 0 Å². The number of aromatic nitrogens is 1. The van der Waals surface area contributed by atoms with Crippen LogP contribution in [0.2, 0.25) is 5.02 Å². The first-order valence-electron chi connectivity index (χ1n) is 4.52. The summed E-state index contributed by atoms with van der Waals surface area (Å²) < 4.78 is 0. The number of thiophene rings is 1. The summed E-state index contributed by atoms with van der Waals surface area (Å²) in [6, 6.07) is 4.09. The Morgan fingerprint density at radius 1 is 1.47 bits per heavy atom. The highest BCUT2D eigenvalue weighted by Crippen LogP contribution is 2.30. The molecule has 0 saturated heterocycles.